The van der Waals surface area contributed by atoms with Gasteiger partial charge in [0.1, 0.15) is 11.4 Å². The van der Waals surface area contributed by atoms with Crippen LogP contribution in [-0.2, 0) is 0 Å². The van der Waals surface area contributed by atoms with E-state index in [0.717, 1.165) is 0 Å². The average molecular weight is 275 g/mol. The maximum atomic E-state index is 11.1. The van der Waals surface area contributed by atoms with Crippen molar-refractivity contribution in [1.82, 2.24) is 9.97 Å². The van der Waals surface area contributed by atoms with Gasteiger partial charge in [0.2, 0.25) is 11.8 Å². The highest BCUT2D eigenvalue weighted by atomic mass is 16.6. The zero-order chi connectivity index (χ0) is 14.7. The minimum Gasteiger partial charge on any atom is -0.495 e. The van der Waals surface area contributed by atoms with Crippen molar-refractivity contribution in [3.63, 3.8) is 0 Å². The summed E-state index contributed by atoms with van der Waals surface area (Å²) in [4.78, 5) is 18.2. The number of anilines is 3. The SMILES string of the molecule is COc1ccccc1Nc1nc(N)nc(C)c1[N+](=O)[O-]. The number of nitrogens with two attached hydrogens (primary N) is 1. The number of ether oxygens (including phenoxy) is 1. The molecular formula is C12H13N5O3. The number of aromatic nitrogens is 2. The molecule has 0 aliphatic heterocycles. The van der Waals surface area contributed by atoms with E-state index in [0.29, 0.717) is 11.4 Å². The topological polar surface area (TPSA) is 116 Å². The highest BCUT2D eigenvalue weighted by Gasteiger charge is 2.22. The predicted molar refractivity (Wildman–Crippen MR) is 74.1 cm³/mol. The molecule has 0 aliphatic rings. The molecule has 0 amide bonds. The molecule has 3 N–H and O–H groups in total. The van der Waals surface area contributed by atoms with Crippen molar-refractivity contribution in [2.75, 3.05) is 18.2 Å². The Hall–Kier alpha value is -2.90. The Balaban J connectivity index is 2.50. The summed E-state index contributed by atoms with van der Waals surface area (Å²) in [5.41, 5.74) is 6.06. The van der Waals surface area contributed by atoms with E-state index in [1.807, 2.05) is 0 Å². The van der Waals surface area contributed by atoms with Crippen molar-refractivity contribution < 1.29 is 9.66 Å². The van der Waals surface area contributed by atoms with Crippen molar-refractivity contribution in [2.24, 2.45) is 0 Å². The second-order valence-corrected chi connectivity index (χ2v) is 3.95. The highest BCUT2D eigenvalue weighted by molar-refractivity contribution is 5.71. The van der Waals surface area contributed by atoms with Gasteiger partial charge in [-0.15, -0.1) is 0 Å². The molecule has 8 heteroatoms. The standard InChI is InChI=1S/C12H13N5O3/c1-7-10(17(18)19)11(16-12(13)14-7)15-8-5-3-4-6-9(8)20-2/h3-6H,1-2H3,(H3,13,14,15,16). The van der Waals surface area contributed by atoms with Gasteiger partial charge in [0.15, 0.2) is 0 Å². The van der Waals surface area contributed by atoms with Gasteiger partial charge in [0.05, 0.1) is 17.7 Å². The molecule has 0 radical (unpaired) electrons. The number of rotatable bonds is 4. The van der Waals surface area contributed by atoms with Crippen LogP contribution in [0.5, 0.6) is 5.75 Å². The molecule has 1 aromatic carbocycles. The van der Waals surface area contributed by atoms with E-state index in [9.17, 15) is 10.1 Å². The molecule has 0 bridgehead atoms. The van der Waals surface area contributed by atoms with Crippen LogP contribution in [0.3, 0.4) is 0 Å². The Morgan fingerprint density at radius 1 is 1.35 bits per heavy atom. The van der Waals surface area contributed by atoms with E-state index in [1.54, 1.807) is 24.3 Å². The summed E-state index contributed by atoms with van der Waals surface area (Å²) < 4.78 is 5.17. The van der Waals surface area contributed by atoms with Gasteiger partial charge < -0.3 is 15.8 Å². The number of nitrogen functional groups attached to an aromatic ring is 1. The summed E-state index contributed by atoms with van der Waals surface area (Å²) in [6.45, 7) is 1.50. The molecule has 0 saturated carbocycles. The number of hydrogen-bond donors (Lipinski definition) is 2. The van der Waals surface area contributed by atoms with Crippen molar-refractivity contribution in [2.45, 2.75) is 6.92 Å². The quantitative estimate of drug-likeness (QED) is 0.647. The average Bonchev–Trinajstić information content (AvgIpc) is 2.38. The number of hydrogen-bond acceptors (Lipinski definition) is 7. The summed E-state index contributed by atoms with van der Waals surface area (Å²) in [5.74, 6) is 0.534. The van der Waals surface area contributed by atoms with Gasteiger partial charge in [0.25, 0.3) is 0 Å². The molecule has 0 spiro atoms. The summed E-state index contributed by atoms with van der Waals surface area (Å²) in [6, 6.07) is 7.01. The van der Waals surface area contributed by atoms with Crippen LogP contribution in [0.4, 0.5) is 23.1 Å². The molecule has 1 heterocycles. The molecule has 0 saturated heterocycles. The Bertz CT molecular complexity index is 660. The van der Waals surface area contributed by atoms with Gasteiger partial charge in [-0.2, -0.15) is 4.98 Å². The van der Waals surface area contributed by atoms with Crippen LogP contribution in [0, 0.1) is 17.0 Å². The lowest BCUT2D eigenvalue weighted by molar-refractivity contribution is -0.385. The van der Waals surface area contributed by atoms with E-state index >= 15 is 0 Å². The van der Waals surface area contributed by atoms with Crippen LogP contribution in [-0.4, -0.2) is 22.0 Å². The number of methoxy groups -OCH3 is 1. The third kappa shape index (κ3) is 2.58. The van der Waals surface area contributed by atoms with Crippen LogP contribution in [0.1, 0.15) is 5.69 Å². The van der Waals surface area contributed by atoms with Crippen LogP contribution < -0.4 is 15.8 Å². The molecule has 2 rings (SSSR count). The monoisotopic (exact) mass is 275 g/mol. The number of benzene rings is 1. The molecule has 0 aliphatic carbocycles. The molecule has 0 atom stereocenters. The predicted octanol–water partition coefficient (Wildman–Crippen LogP) is 2.03. The van der Waals surface area contributed by atoms with E-state index in [-0.39, 0.29) is 23.1 Å². The molecule has 0 fully saturated rings. The number of nitrogens with zero attached hydrogens (tertiary/aromatic N) is 3. The lowest BCUT2D eigenvalue weighted by atomic mass is 10.2. The van der Waals surface area contributed by atoms with Gasteiger partial charge in [-0.3, -0.25) is 10.1 Å². The zero-order valence-electron chi connectivity index (χ0n) is 11.0. The fraction of sp³-hybridized carbons (Fsp3) is 0.167. The minimum absolute atomic E-state index is 0.0319. The van der Waals surface area contributed by atoms with Gasteiger partial charge >= 0.3 is 5.69 Å². The lowest BCUT2D eigenvalue weighted by Crippen LogP contribution is -2.07. The van der Waals surface area contributed by atoms with E-state index in [4.69, 9.17) is 10.5 Å². The Labute approximate surface area is 114 Å². The first-order valence-corrected chi connectivity index (χ1v) is 5.71. The van der Waals surface area contributed by atoms with E-state index < -0.39 is 4.92 Å². The van der Waals surface area contributed by atoms with E-state index in [1.165, 1.54) is 14.0 Å². The van der Waals surface area contributed by atoms with Crippen molar-refractivity contribution in [3.05, 3.63) is 40.1 Å². The first-order chi connectivity index (χ1) is 9.52. The van der Waals surface area contributed by atoms with Crippen LogP contribution in [0.25, 0.3) is 0 Å². The van der Waals surface area contributed by atoms with E-state index in [2.05, 4.69) is 15.3 Å². The first kappa shape index (κ1) is 13.5. The fourth-order valence-corrected chi connectivity index (χ4v) is 1.77. The third-order valence-electron chi connectivity index (χ3n) is 2.62. The van der Waals surface area contributed by atoms with Crippen molar-refractivity contribution in [1.29, 1.82) is 0 Å². The molecule has 20 heavy (non-hydrogen) atoms. The fourth-order valence-electron chi connectivity index (χ4n) is 1.77. The third-order valence-corrected chi connectivity index (χ3v) is 2.62. The zero-order valence-corrected chi connectivity index (χ0v) is 11.0. The van der Waals surface area contributed by atoms with Gasteiger partial charge in [-0.25, -0.2) is 4.98 Å². The summed E-state index contributed by atoms with van der Waals surface area (Å²) in [6.07, 6.45) is 0. The minimum atomic E-state index is -0.549. The van der Waals surface area contributed by atoms with Gasteiger partial charge in [-0.05, 0) is 19.1 Å². The molecular weight excluding hydrogens is 262 g/mol. The maximum Gasteiger partial charge on any atom is 0.332 e. The maximum absolute atomic E-state index is 11.1. The van der Waals surface area contributed by atoms with Crippen LogP contribution in [0.2, 0.25) is 0 Å². The summed E-state index contributed by atoms with van der Waals surface area (Å²) in [5, 5.41) is 14.0. The van der Waals surface area contributed by atoms with Crippen LogP contribution >= 0.6 is 0 Å². The molecule has 8 nitrogen and oxygen atoms in total. The second-order valence-electron chi connectivity index (χ2n) is 3.95. The molecule has 104 valence electrons. The normalized spacial score (nSPS) is 10.1. The van der Waals surface area contributed by atoms with Crippen LogP contribution in [0.15, 0.2) is 24.3 Å². The molecule has 1 aromatic heterocycles. The molecule has 2 aromatic rings. The lowest BCUT2D eigenvalue weighted by Gasteiger charge is -2.11. The summed E-state index contributed by atoms with van der Waals surface area (Å²) in [7, 11) is 1.51. The number of nitrogens with one attached hydrogen (secondary N) is 1. The van der Waals surface area contributed by atoms with Gasteiger partial charge in [-0.1, -0.05) is 12.1 Å². The van der Waals surface area contributed by atoms with Crippen molar-refractivity contribution >= 4 is 23.1 Å². The number of nitro groups is 1. The van der Waals surface area contributed by atoms with Gasteiger partial charge in [0, 0.05) is 0 Å². The first-order valence-electron chi connectivity index (χ1n) is 5.71. The highest BCUT2D eigenvalue weighted by Crippen LogP contribution is 2.32. The Kier molecular flexibility index (Phi) is 3.65. The largest absolute Gasteiger partial charge is 0.495 e. The Morgan fingerprint density at radius 2 is 2.05 bits per heavy atom. The second kappa shape index (κ2) is 5.39. The molecule has 0 unspecified atom stereocenters. The smallest absolute Gasteiger partial charge is 0.332 e. The number of para-hydroxylation sites is 2. The van der Waals surface area contributed by atoms with Crippen molar-refractivity contribution in [3.8, 4) is 5.75 Å². The summed E-state index contributed by atoms with van der Waals surface area (Å²) >= 11 is 0. The Morgan fingerprint density at radius 3 is 2.70 bits per heavy atom. The number of aryl methyl sites for hydroxylation is 1.